The van der Waals surface area contributed by atoms with Crippen LogP contribution in [0.4, 0.5) is 0 Å². The molecule has 1 saturated heterocycles. The SMILES string of the molecule is COc1cccc2c1C(O)C1(O)C3CC4=C(C(=O)CC(C)(O)C4)C1C2O3. The molecule has 138 valence electrons. The molecule has 3 N–H and O–H groups in total. The largest absolute Gasteiger partial charge is 0.496 e. The molecule has 0 saturated carbocycles. The van der Waals surface area contributed by atoms with Crippen LogP contribution >= 0.6 is 0 Å². The minimum atomic E-state index is -1.57. The molecule has 0 aromatic heterocycles. The number of hydrogen-bond acceptors (Lipinski definition) is 6. The first-order valence-electron chi connectivity index (χ1n) is 8.98. The van der Waals surface area contributed by atoms with E-state index in [0.29, 0.717) is 29.7 Å². The number of ketones is 1. The second-order valence-corrected chi connectivity index (χ2v) is 8.27. The van der Waals surface area contributed by atoms with Gasteiger partial charge in [-0.15, -0.1) is 0 Å². The molecule has 1 aliphatic heterocycles. The summed E-state index contributed by atoms with van der Waals surface area (Å²) in [6.07, 6.45) is -1.56. The lowest BCUT2D eigenvalue weighted by atomic mass is 9.58. The Morgan fingerprint density at radius 3 is 2.77 bits per heavy atom. The Morgan fingerprint density at radius 2 is 2.04 bits per heavy atom. The molecule has 0 spiro atoms. The van der Waals surface area contributed by atoms with Gasteiger partial charge in [-0.25, -0.2) is 0 Å². The maximum atomic E-state index is 12.9. The second-order valence-electron chi connectivity index (χ2n) is 8.27. The summed E-state index contributed by atoms with van der Waals surface area (Å²) < 4.78 is 11.6. The molecule has 6 heteroatoms. The number of aliphatic hydroxyl groups is 3. The number of rotatable bonds is 1. The van der Waals surface area contributed by atoms with Gasteiger partial charge in [0.1, 0.15) is 17.5 Å². The van der Waals surface area contributed by atoms with E-state index in [2.05, 4.69) is 0 Å². The van der Waals surface area contributed by atoms with Crippen LogP contribution in [0.15, 0.2) is 29.3 Å². The molecular formula is C20H22O6. The molecule has 1 fully saturated rings. The second kappa shape index (κ2) is 4.95. The van der Waals surface area contributed by atoms with Crippen LogP contribution in [-0.2, 0) is 9.53 Å². The van der Waals surface area contributed by atoms with Gasteiger partial charge >= 0.3 is 0 Å². The van der Waals surface area contributed by atoms with Crippen LogP contribution in [0.3, 0.4) is 0 Å². The lowest BCUT2D eigenvalue weighted by Gasteiger charge is -2.48. The number of hydrogen-bond donors (Lipinski definition) is 3. The zero-order valence-corrected chi connectivity index (χ0v) is 14.7. The Balaban J connectivity index is 1.72. The number of methoxy groups -OCH3 is 1. The fraction of sp³-hybridized carbons (Fsp3) is 0.550. The number of Topliss-reactive ketones (excluding diaryl/α,β-unsaturated/α-hetero) is 1. The van der Waals surface area contributed by atoms with Gasteiger partial charge in [0.15, 0.2) is 5.78 Å². The zero-order valence-electron chi connectivity index (χ0n) is 14.7. The quantitative estimate of drug-likeness (QED) is 0.701. The van der Waals surface area contributed by atoms with Crippen LogP contribution in [0, 0.1) is 5.92 Å². The molecule has 6 atom stereocenters. The molecule has 4 bridgehead atoms. The molecule has 1 aromatic carbocycles. The lowest BCUT2D eigenvalue weighted by molar-refractivity contribution is -0.141. The van der Waals surface area contributed by atoms with Crippen LogP contribution in [0.5, 0.6) is 5.75 Å². The highest BCUT2D eigenvalue weighted by Gasteiger charge is 2.68. The van der Waals surface area contributed by atoms with Crippen LogP contribution in [0.2, 0.25) is 0 Å². The number of aliphatic hydroxyl groups excluding tert-OH is 1. The smallest absolute Gasteiger partial charge is 0.162 e. The van der Waals surface area contributed by atoms with Gasteiger partial charge in [-0.1, -0.05) is 17.7 Å². The van der Waals surface area contributed by atoms with Gasteiger partial charge < -0.3 is 24.8 Å². The van der Waals surface area contributed by atoms with E-state index in [1.54, 1.807) is 13.0 Å². The molecule has 0 amide bonds. The van der Waals surface area contributed by atoms with Crippen molar-refractivity contribution < 1.29 is 29.6 Å². The first kappa shape index (κ1) is 16.4. The van der Waals surface area contributed by atoms with Crippen molar-refractivity contribution in [1.82, 2.24) is 0 Å². The van der Waals surface area contributed by atoms with E-state index in [0.717, 1.165) is 11.1 Å². The summed E-state index contributed by atoms with van der Waals surface area (Å²) in [4.78, 5) is 12.9. The van der Waals surface area contributed by atoms with Crippen LogP contribution in [-0.4, -0.2) is 45.5 Å². The highest BCUT2D eigenvalue weighted by Crippen LogP contribution is 2.65. The van der Waals surface area contributed by atoms with E-state index < -0.39 is 35.4 Å². The van der Waals surface area contributed by atoms with Crippen LogP contribution in [0.1, 0.15) is 49.5 Å². The molecule has 0 radical (unpaired) electrons. The van der Waals surface area contributed by atoms with Crippen molar-refractivity contribution in [2.24, 2.45) is 5.92 Å². The summed E-state index contributed by atoms with van der Waals surface area (Å²) in [5.41, 5.74) is 0.0690. The summed E-state index contributed by atoms with van der Waals surface area (Å²) in [6.45, 7) is 1.66. The average Bonchev–Trinajstić information content (AvgIpc) is 2.71. The number of ether oxygens (including phenoxy) is 2. The van der Waals surface area contributed by atoms with Crippen molar-refractivity contribution in [3.05, 3.63) is 40.5 Å². The van der Waals surface area contributed by atoms with Gasteiger partial charge in [-0.05, 0) is 31.4 Å². The molecular weight excluding hydrogens is 336 g/mol. The molecule has 3 aliphatic carbocycles. The van der Waals surface area contributed by atoms with E-state index in [4.69, 9.17) is 9.47 Å². The molecule has 6 nitrogen and oxygen atoms in total. The molecule has 4 aliphatic rings. The van der Waals surface area contributed by atoms with E-state index in [1.807, 2.05) is 12.1 Å². The Kier molecular flexibility index (Phi) is 3.13. The van der Waals surface area contributed by atoms with Gasteiger partial charge in [0.25, 0.3) is 0 Å². The third-order valence-corrected chi connectivity index (χ3v) is 6.53. The highest BCUT2D eigenvalue weighted by atomic mass is 16.5. The zero-order chi connectivity index (χ0) is 18.4. The Hall–Kier alpha value is -1.73. The van der Waals surface area contributed by atoms with Crippen molar-refractivity contribution >= 4 is 5.78 Å². The summed E-state index contributed by atoms with van der Waals surface area (Å²) in [7, 11) is 1.53. The maximum Gasteiger partial charge on any atom is 0.162 e. The molecule has 1 aromatic rings. The van der Waals surface area contributed by atoms with E-state index in [-0.39, 0.29) is 12.2 Å². The highest BCUT2D eigenvalue weighted by molar-refractivity contribution is 5.99. The van der Waals surface area contributed by atoms with Gasteiger partial charge in [0.05, 0.1) is 30.8 Å². The molecule has 5 rings (SSSR count). The van der Waals surface area contributed by atoms with Gasteiger partial charge in [0.2, 0.25) is 0 Å². The van der Waals surface area contributed by atoms with E-state index >= 15 is 0 Å². The van der Waals surface area contributed by atoms with E-state index in [1.165, 1.54) is 7.11 Å². The summed E-state index contributed by atoms with van der Waals surface area (Å²) in [6, 6.07) is 5.43. The number of fused-ring (bicyclic) bond motifs is 2. The third-order valence-electron chi connectivity index (χ3n) is 6.53. The Labute approximate surface area is 151 Å². The van der Waals surface area contributed by atoms with Crippen molar-refractivity contribution in [2.45, 2.75) is 55.7 Å². The standard InChI is InChI=1S/C20H22O6/c1-19(23)7-9-6-13-20(24)16(14(9)11(21)8-19)17(26-13)10-4-3-5-12(25-2)15(10)18(20)22/h3-5,13,16-18,22-24H,6-8H2,1-2H3. The summed E-state index contributed by atoms with van der Waals surface area (Å²) in [5, 5.41) is 33.1. The van der Waals surface area contributed by atoms with Crippen molar-refractivity contribution in [1.29, 1.82) is 0 Å². The van der Waals surface area contributed by atoms with Crippen LogP contribution < -0.4 is 4.74 Å². The van der Waals surface area contributed by atoms with Crippen LogP contribution in [0.25, 0.3) is 0 Å². The normalized spacial score (nSPS) is 43.2. The molecule has 1 heterocycles. The Bertz CT molecular complexity index is 856. The average molecular weight is 358 g/mol. The predicted molar refractivity (Wildman–Crippen MR) is 90.5 cm³/mol. The number of carbonyl (C=O) groups excluding carboxylic acids is 1. The van der Waals surface area contributed by atoms with Gasteiger partial charge in [0, 0.05) is 17.6 Å². The monoisotopic (exact) mass is 358 g/mol. The maximum absolute atomic E-state index is 12.9. The number of benzene rings is 1. The first-order chi connectivity index (χ1) is 12.3. The minimum absolute atomic E-state index is 0.0247. The van der Waals surface area contributed by atoms with Gasteiger partial charge in [-0.3, -0.25) is 4.79 Å². The lowest BCUT2D eigenvalue weighted by Crippen LogP contribution is -2.56. The first-order valence-corrected chi connectivity index (χ1v) is 8.98. The predicted octanol–water partition coefficient (Wildman–Crippen LogP) is 1.34. The summed E-state index contributed by atoms with van der Waals surface area (Å²) in [5.74, 6) is -0.268. The van der Waals surface area contributed by atoms with Gasteiger partial charge in [-0.2, -0.15) is 0 Å². The summed E-state index contributed by atoms with van der Waals surface area (Å²) >= 11 is 0. The fourth-order valence-electron chi connectivity index (χ4n) is 5.57. The van der Waals surface area contributed by atoms with Crippen molar-refractivity contribution in [3.63, 3.8) is 0 Å². The minimum Gasteiger partial charge on any atom is -0.496 e. The fourth-order valence-corrected chi connectivity index (χ4v) is 5.57. The van der Waals surface area contributed by atoms with Crippen molar-refractivity contribution in [2.75, 3.05) is 7.11 Å². The third kappa shape index (κ3) is 1.83. The van der Waals surface area contributed by atoms with Crippen molar-refractivity contribution in [3.8, 4) is 5.75 Å². The number of carbonyl (C=O) groups is 1. The topological polar surface area (TPSA) is 96.2 Å². The molecule has 26 heavy (non-hydrogen) atoms. The van der Waals surface area contributed by atoms with E-state index in [9.17, 15) is 20.1 Å². The Morgan fingerprint density at radius 1 is 1.27 bits per heavy atom. The molecule has 6 unspecified atom stereocenters.